The maximum absolute atomic E-state index is 13.6. The SMILES string of the molecule is CC(C)CC(=O)N1Cc2cc(cc(C(=O)O)c2)CN(C)Cc2cc(cc(C(=O)O)c2)CN(C(=O)CC(C)C)Cc2cc(cc(C(=O)O)c2)C1. The molecule has 0 saturated carbocycles. The van der Waals surface area contributed by atoms with Crippen LogP contribution >= 0.6 is 0 Å². The lowest BCUT2D eigenvalue weighted by molar-refractivity contribution is -0.134. The highest BCUT2D eigenvalue weighted by Gasteiger charge is 2.22. The van der Waals surface area contributed by atoms with Crippen molar-refractivity contribution in [2.45, 2.75) is 79.8 Å². The van der Waals surface area contributed by atoms with E-state index in [0.29, 0.717) is 46.5 Å². The molecule has 1 heterocycles. The zero-order chi connectivity index (χ0) is 36.0. The second kappa shape index (κ2) is 15.9. The zero-order valence-electron chi connectivity index (χ0n) is 28.7. The highest BCUT2D eigenvalue weighted by Crippen LogP contribution is 2.24. The molecule has 0 aromatic heterocycles. The van der Waals surface area contributed by atoms with E-state index in [1.807, 2.05) is 51.8 Å². The molecule has 4 rings (SSSR count). The van der Waals surface area contributed by atoms with E-state index < -0.39 is 17.9 Å². The average Bonchev–Trinajstić information content (AvgIpc) is 2.98. The maximum Gasteiger partial charge on any atom is 0.335 e. The van der Waals surface area contributed by atoms with E-state index in [1.54, 1.807) is 40.1 Å². The molecule has 3 N–H and O–H groups in total. The topological polar surface area (TPSA) is 156 Å². The minimum atomic E-state index is -1.16. The van der Waals surface area contributed by atoms with Gasteiger partial charge in [-0.15, -0.1) is 0 Å². The number of fused-ring (bicyclic) bond motifs is 6. The lowest BCUT2D eigenvalue weighted by atomic mass is 10.0. The predicted molar refractivity (Wildman–Crippen MR) is 183 cm³/mol. The number of aromatic carboxylic acids is 3. The minimum absolute atomic E-state index is 0.00257. The second-order valence-corrected chi connectivity index (χ2v) is 13.9. The van der Waals surface area contributed by atoms with Crippen molar-refractivity contribution in [3.63, 3.8) is 0 Å². The van der Waals surface area contributed by atoms with E-state index in [9.17, 15) is 39.3 Å². The van der Waals surface area contributed by atoms with E-state index in [0.717, 1.165) is 0 Å². The number of rotatable bonds is 7. The second-order valence-electron chi connectivity index (χ2n) is 13.9. The molecule has 49 heavy (non-hydrogen) atoms. The molecule has 2 amide bonds. The van der Waals surface area contributed by atoms with Crippen LogP contribution in [-0.2, 0) is 48.9 Å². The number of carbonyl (C=O) groups is 5. The first-order chi connectivity index (χ1) is 23.1. The van der Waals surface area contributed by atoms with Crippen molar-refractivity contribution in [1.82, 2.24) is 14.7 Å². The number of benzene rings is 3. The van der Waals surface area contributed by atoms with Crippen LogP contribution in [0.2, 0.25) is 0 Å². The van der Waals surface area contributed by atoms with E-state index in [2.05, 4.69) is 0 Å². The van der Waals surface area contributed by atoms with Crippen LogP contribution < -0.4 is 0 Å². The van der Waals surface area contributed by atoms with Gasteiger partial charge in [0.15, 0.2) is 0 Å². The third-order valence-corrected chi connectivity index (χ3v) is 8.17. The standard InChI is InChI=1S/C38H45N3O8/c1-23(2)6-34(42)40-19-27-8-25(11-31(13-27)36(44)45)17-39(5)18-26-9-28(14-32(12-26)37(46)47)20-41(35(43)7-24(3)4)22-30-10-29(21-40)15-33(16-30)38(48)49/h8-16,23-24H,6-7,17-22H2,1-5H3,(H,44,45)(H,46,47)(H,48,49). The first-order valence-corrected chi connectivity index (χ1v) is 16.4. The van der Waals surface area contributed by atoms with Crippen molar-refractivity contribution in [1.29, 1.82) is 0 Å². The summed E-state index contributed by atoms with van der Waals surface area (Å²) in [5.74, 6) is -3.60. The van der Waals surface area contributed by atoms with Crippen LogP contribution in [0, 0.1) is 11.8 Å². The van der Waals surface area contributed by atoms with E-state index in [-0.39, 0.29) is 79.4 Å². The predicted octanol–water partition coefficient (Wildman–Crippen LogP) is 5.88. The van der Waals surface area contributed by atoms with Crippen molar-refractivity contribution >= 4 is 29.7 Å². The Morgan fingerprint density at radius 2 is 0.735 bits per heavy atom. The Morgan fingerprint density at radius 3 is 0.959 bits per heavy atom. The van der Waals surface area contributed by atoms with Crippen LogP contribution in [0.4, 0.5) is 0 Å². The van der Waals surface area contributed by atoms with Gasteiger partial charge >= 0.3 is 17.9 Å². The van der Waals surface area contributed by atoms with Crippen LogP contribution in [0.3, 0.4) is 0 Å². The Bertz CT molecular complexity index is 1630. The number of amides is 2. The van der Waals surface area contributed by atoms with Gasteiger partial charge in [0, 0.05) is 52.1 Å². The molecule has 6 bridgehead atoms. The Balaban J connectivity index is 1.91. The fourth-order valence-electron chi connectivity index (χ4n) is 6.19. The summed E-state index contributed by atoms with van der Waals surface area (Å²) in [6.07, 6.45) is 0.487. The van der Waals surface area contributed by atoms with Crippen molar-refractivity contribution in [3.8, 4) is 0 Å². The van der Waals surface area contributed by atoms with Gasteiger partial charge in [0.25, 0.3) is 0 Å². The van der Waals surface area contributed by atoms with Crippen LogP contribution in [0.25, 0.3) is 0 Å². The zero-order valence-corrected chi connectivity index (χ0v) is 28.7. The minimum Gasteiger partial charge on any atom is -0.478 e. The first kappa shape index (κ1) is 36.8. The third-order valence-electron chi connectivity index (χ3n) is 8.17. The summed E-state index contributed by atoms with van der Waals surface area (Å²) in [5.41, 5.74) is 3.86. The summed E-state index contributed by atoms with van der Waals surface area (Å²) in [5, 5.41) is 29.9. The van der Waals surface area contributed by atoms with Gasteiger partial charge in [-0.05, 0) is 88.7 Å². The number of carbonyl (C=O) groups excluding carboxylic acids is 2. The van der Waals surface area contributed by atoms with Gasteiger partial charge in [-0.3, -0.25) is 14.5 Å². The molecule has 0 radical (unpaired) electrons. The fourth-order valence-corrected chi connectivity index (χ4v) is 6.19. The van der Waals surface area contributed by atoms with Crippen LogP contribution in [0.15, 0.2) is 54.6 Å². The van der Waals surface area contributed by atoms with Gasteiger partial charge in [0.2, 0.25) is 11.8 Å². The Kier molecular flexibility index (Phi) is 12.0. The molecule has 11 nitrogen and oxygen atoms in total. The molecule has 1 aliphatic rings. The van der Waals surface area contributed by atoms with Crippen molar-refractivity contribution < 1.29 is 39.3 Å². The van der Waals surface area contributed by atoms with Crippen molar-refractivity contribution in [2.24, 2.45) is 11.8 Å². The van der Waals surface area contributed by atoms with Crippen molar-refractivity contribution in [3.05, 3.63) is 105 Å². The summed E-state index contributed by atoms with van der Waals surface area (Å²) in [4.78, 5) is 69.0. The Morgan fingerprint density at radius 1 is 0.490 bits per heavy atom. The largest absolute Gasteiger partial charge is 0.478 e. The Hall–Kier alpha value is -5.03. The smallest absolute Gasteiger partial charge is 0.335 e. The van der Waals surface area contributed by atoms with Gasteiger partial charge in [0.1, 0.15) is 0 Å². The molecule has 3 aromatic rings. The highest BCUT2D eigenvalue weighted by atomic mass is 16.4. The summed E-state index contributed by atoms with van der Waals surface area (Å²) in [6.45, 7) is 8.72. The highest BCUT2D eigenvalue weighted by molar-refractivity contribution is 5.89. The number of nitrogens with zero attached hydrogens (tertiary/aromatic N) is 3. The molecular weight excluding hydrogens is 626 g/mol. The first-order valence-electron chi connectivity index (χ1n) is 16.4. The van der Waals surface area contributed by atoms with Crippen molar-refractivity contribution in [2.75, 3.05) is 7.05 Å². The van der Waals surface area contributed by atoms with Gasteiger partial charge in [-0.25, -0.2) is 14.4 Å². The van der Waals surface area contributed by atoms with Crippen LogP contribution in [0.5, 0.6) is 0 Å². The fraction of sp³-hybridized carbons (Fsp3) is 0.395. The molecule has 0 unspecified atom stereocenters. The van der Waals surface area contributed by atoms with Gasteiger partial charge in [0.05, 0.1) is 16.7 Å². The van der Waals surface area contributed by atoms with Crippen LogP contribution in [0.1, 0.15) is 105 Å². The number of hydrogen-bond donors (Lipinski definition) is 3. The molecular formula is C38H45N3O8. The molecule has 0 spiro atoms. The molecule has 1 aliphatic heterocycles. The molecule has 0 aliphatic carbocycles. The normalized spacial score (nSPS) is 14.3. The summed E-state index contributed by atoms with van der Waals surface area (Å²) >= 11 is 0. The van der Waals surface area contributed by atoms with Gasteiger partial charge < -0.3 is 25.1 Å². The van der Waals surface area contributed by atoms with E-state index >= 15 is 0 Å². The quantitative estimate of drug-likeness (QED) is 0.279. The van der Waals surface area contributed by atoms with E-state index in [1.165, 1.54) is 12.1 Å². The Labute approximate surface area is 286 Å². The molecule has 260 valence electrons. The molecule has 3 aromatic carbocycles. The van der Waals surface area contributed by atoms with Crippen LogP contribution in [-0.4, -0.2) is 66.8 Å². The summed E-state index contributed by atoms with van der Waals surface area (Å²) in [6, 6.07) is 14.8. The molecule has 11 heteroatoms. The number of carboxylic acid groups (broad SMARTS) is 3. The lowest BCUT2D eigenvalue weighted by Crippen LogP contribution is -2.32. The van der Waals surface area contributed by atoms with E-state index in [4.69, 9.17) is 0 Å². The number of carboxylic acids is 3. The van der Waals surface area contributed by atoms with Gasteiger partial charge in [-0.2, -0.15) is 0 Å². The number of hydrogen-bond acceptors (Lipinski definition) is 6. The summed E-state index contributed by atoms with van der Waals surface area (Å²) in [7, 11) is 1.85. The third kappa shape index (κ3) is 10.5. The maximum atomic E-state index is 13.6. The van der Waals surface area contributed by atoms with Gasteiger partial charge in [-0.1, -0.05) is 45.9 Å². The lowest BCUT2D eigenvalue weighted by Gasteiger charge is -2.27. The molecule has 0 atom stereocenters. The monoisotopic (exact) mass is 671 g/mol. The summed E-state index contributed by atoms with van der Waals surface area (Å²) < 4.78 is 0. The molecule has 0 fully saturated rings. The average molecular weight is 672 g/mol. The molecule has 0 saturated heterocycles.